The van der Waals surface area contributed by atoms with E-state index in [-0.39, 0.29) is 29.6 Å². The molecule has 3 atom stereocenters. The third-order valence-corrected chi connectivity index (χ3v) is 5.90. The summed E-state index contributed by atoms with van der Waals surface area (Å²) in [4.78, 5) is 27.4. The second-order valence-corrected chi connectivity index (χ2v) is 7.86. The number of anilines is 1. The molecule has 4 nitrogen and oxygen atoms in total. The molecule has 4 rings (SSSR count). The molecule has 2 aliphatic rings. The van der Waals surface area contributed by atoms with E-state index in [1.807, 2.05) is 59.5 Å². The minimum Gasteiger partial charge on any atom is -0.342 e. The Morgan fingerprint density at radius 3 is 2.56 bits per heavy atom. The second kappa shape index (κ2) is 7.73. The highest BCUT2D eigenvalue weighted by molar-refractivity contribution is 6.31. The van der Waals surface area contributed by atoms with Gasteiger partial charge in [0.1, 0.15) is 0 Å². The number of halogens is 1. The number of benzene rings is 2. The van der Waals surface area contributed by atoms with Crippen LogP contribution in [0.15, 0.2) is 54.6 Å². The van der Waals surface area contributed by atoms with Crippen LogP contribution in [0, 0.1) is 11.8 Å². The molecular formula is C22H23ClN2O2. The van der Waals surface area contributed by atoms with Crippen molar-refractivity contribution in [3.8, 4) is 0 Å². The SMILES string of the molecule is O=C(Nc1ccccc1)C1CCCN(C(=O)C2CC2c2ccccc2Cl)C1. The van der Waals surface area contributed by atoms with Crippen LogP contribution in [-0.2, 0) is 9.59 Å². The van der Waals surface area contributed by atoms with Crippen LogP contribution < -0.4 is 5.32 Å². The summed E-state index contributed by atoms with van der Waals surface area (Å²) >= 11 is 6.28. The number of hydrogen-bond donors (Lipinski definition) is 1. The number of rotatable bonds is 4. The number of nitrogens with one attached hydrogen (secondary N) is 1. The molecule has 0 radical (unpaired) electrons. The molecule has 140 valence electrons. The zero-order valence-electron chi connectivity index (χ0n) is 15.1. The van der Waals surface area contributed by atoms with Crippen LogP contribution in [0.4, 0.5) is 5.69 Å². The van der Waals surface area contributed by atoms with Crippen LogP contribution in [0.1, 0.15) is 30.7 Å². The fraction of sp³-hybridized carbons (Fsp3) is 0.364. The van der Waals surface area contributed by atoms with Gasteiger partial charge in [-0.25, -0.2) is 0 Å². The van der Waals surface area contributed by atoms with E-state index in [9.17, 15) is 9.59 Å². The van der Waals surface area contributed by atoms with Gasteiger partial charge in [-0.05, 0) is 48.9 Å². The minimum absolute atomic E-state index is 0.000773. The van der Waals surface area contributed by atoms with Crippen LogP contribution in [0.5, 0.6) is 0 Å². The molecule has 2 fully saturated rings. The van der Waals surface area contributed by atoms with E-state index in [4.69, 9.17) is 11.6 Å². The van der Waals surface area contributed by atoms with Crippen molar-refractivity contribution in [2.75, 3.05) is 18.4 Å². The maximum atomic E-state index is 12.9. The minimum atomic E-state index is -0.152. The Hall–Kier alpha value is -2.33. The first-order valence-corrected chi connectivity index (χ1v) is 9.90. The van der Waals surface area contributed by atoms with Crippen LogP contribution >= 0.6 is 11.6 Å². The third kappa shape index (κ3) is 4.01. The molecule has 0 aromatic heterocycles. The van der Waals surface area contributed by atoms with Crippen LogP contribution in [-0.4, -0.2) is 29.8 Å². The molecule has 27 heavy (non-hydrogen) atoms. The van der Waals surface area contributed by atoms with Crippen LogP contribution in [0.3, 0.4) is 0 Å². The lowest BCUT2D eigenvalue weighted by molar-refractivity contribution is -0.135. The van der Waals surface area contributed by atoms with Gasteiger partial charge in [-0.3, -0.25) is 9.59 Å². The summed E-state index contributed by atoms with van der Waals surface area (Å²) in [6.07, 6.45) is 2.53. The number of carbonyl (C=O) groups excluding carboxylic acids is 2. The first-order chi connectivity index (χ1) is 13.1. The maximum absolute atomic E-state index is 12.9. The highest BCUT2D eigenvalue weighted by atomic mass is 35.5. The Bertz CT molecular complexity index is 839. The smallest absolute Gasteiger partial charge is 0.229 e. The van der Waals surface area contributed by atoms with Gasteiger partial charge in [-0.15, -0.1) is 0 Å². The van der Waals surface area contributed by atoms with E-state index in [1.54, 1.807) is 0 Å². The topological polar surface area (TPSA) is 49.4 Å². The average Bonchev–Trinajstić information content (AvgIpc) is 3.49. The van der Waals surface area contributed by atoms with Gasteiger partial charge in [0.2, 0.25) is 11.8 Å². The summed E-state index contributed by atoms with van der Waals surface area (Å²) in [5.74, 6) is 0.222. The molecule has 2 aromatic rings. The Labute approximate surface area is 164 Å². The standard InChI is InChI=1S/C22H23ClN2O2/c23-20-11-5-4-10-17(20)18-13-19(18)22(27)25-12-6-7-15(14-25)21(26)24-16-8-2-1-3-9-16/h1-5,8-11,15,18-19H,6-7,12-14H2,(H,24,26). The van der Waals surface area contributed by atoms with E-state index < -0.39 is 0 Å². The first kappa shape index (κ1) is 18.1. The maximum Gasteiger partial charge on any atom is 0.229 e. The lowest BCUT2D eigenvalue weighted by atomic mass is 9.96. The molecule has 2 amide bonds. The van der Waals surface area contributed by atoms with Crippen molar-refractivity contribution in [1.82, 2.24) is 4.90 Å². The van der Waals surface area contributed by atoms with E-state index in [1.165, 1.54) is 0 Å². The molecule has 3 unspecified atom stereocenters. The Kier molecular flexibility index (Phi) is 5.17. The fourth-order valence-corrected chi connectivity index (χ4v) is 4.25. The lowest BCUT2D eigenvalue weighted by Crippen LogP contribution is -2.44. The number of likely N-dealkylation sites (tertiary alicyclic amines) is 1. The lowest BCUT2D eigenvalue weighted by Gasteiger charge is -2.32. The quantitative estimate of drug-likeness (QED) is 0.856. The summed E-state index contributed by atoms with van der Waals surface area (Å²) < 4.78 is 0. The van der Waals surface area contributed by atoms with E-state index in [0.29, 0.717) is 6.54 Å². The highest BCUT2D eigenvalue weighted by Gasteiger charge is 2.47. The van der Waals surface area contributed by atoms with E-state index in [0.717, 1.165) is 42.1 Å². The summed E-state index contributed by atoms with van der Waals surface area (Å²) in [5, 5.41) is 3.70. The molecule has 2 aromatic carbocycles. The monoisotopic (exact) mass is 382 g/mol. The van der Waals surface area contributed by atoms with E-state index in [2.05, 4.69) is 5.32 Å². The molecule has 1 saturated carbocycles. The molecule has 5 heteroatoms. The van der Waals surface area contributed by atoms with Crippen molar-refractivity contribution in [3.63, 3.8) is 0 Å². The normalized spacial score (nSPS) is 24.3. The van der Waals surface area contributed by atoms with Gasteiger partial charge in [0, 0.05) is 29.7 Å². The molecule has 1 N–H and O–H groups in total. The van der Waals surface area contributed by atoms with Gasteiger partial charge in [-0.1, -0.05) is 48.0 Å². The largest absolute Gasteiger partial charge is 0.342 e. The summed E-state index contributed by atoms with van der Waals surface area (Å²) in [7, 11) is 0. The summed E-state index contributed by atoms with van der Waals surface area (Å²) in [6.45, 7) is 1.24. The molecule has 0 spiro atoms. The summed E-state index contributed by atoms with van der Waals surface area (Å²) in [5.41, 5.74) is 1.86. The fourth-order valence-electron chi connectivity index (χ4n) is 3.98. The van der Waals surface area contributed by atoms with Crippen molar-refractivity contribution in [2.24, 2.45) is 11.8 Å². The zero-order valence-corrected chi connectivity index (χ0v) is 15.9. The zero-order chi connectivity index (χ0) is 18.8. The Morgan fingerprint density at radius 2 is 1.78 bits per heavy atom. The van der Waals surface area contributed by atoms with Gasteiger partial charge in [0.05, 0.1) is 5.92 Å². The number of piperidine rings is 1. The Morgan fingerprint density at radius 1 is 1.04 bits per heavy atom. The van der Waals surface area contributed by atoms with Gasteiger partial charge >= 0.3 is 0 Å². The summed E-state index contributed by atoms with van der Waals surface area (Å²) in [6, 6.07) is 17.2. The molecule has 1 aliphatic carbocycles. The Balaban J connectivity index is 1.36. The molecule has 0 bridgehead atoms. The van der Waals surface area contributed by atoms with Crippen molar-refractivity contribution in [2.45, 2.75) is 25.2 Å². The van der Waals surface area contributed by atoms with Gasteiger partial charge in [-0.2, -0.15) is 0 Å². The number of carbonyl (C=O) groups is 2. The number of hydrogen-bond acceptors (Lipinski definition) is 2. The predicted molar refractivity (Wildman–Crippen MR) is 107 cm³/mol. The van der Waals surface area contributed by atoms with Gasteiger partial charge < -0.3 is 10.2 Å². The second-order valence-electron chi connectivity index (χ2n) is 7.45. The van der Waals surface area contributed by atoms with Crippen LogP contribution in [0.25, 0.3) is 0 Å². The van der Waals surface area contributed by atoms with Crippen molar-refractivity contribution in [1.29, 1.82) is 0 Å². The van der Waals surface area contributed by atoms with E-state index >= 15 is 0 Å². The third-order valence-electron chi connectivity index (χ3n) is 5.56. The van der Waals surface area contributed by atoms with Crippen LogP contribution in [0.2, 0.25) is 5.02 Å². The van der Waals surface area contributed by atoms with Crippen molar-refractivity contribution in [3.05, 3.63) is 65.2 Å². The number of amides is 2. The van der Waals surface area contributed by atoms with Gasteiger partial charge in [0.25, 0.3) is 0 Å². The molecular weight excluding hydrogens is 360 g/mol. The predicted octanol–water partition coefficient (Wildman–Crippen LogP) is 4.32. The first-order valence-electron chi connectivity index (χ1n) is 9.52. The number of nitrogens with zero attached hydrogens (tertiary/aromatic N) is 1. The highest BCUT2D eigenvalue weighted by Crippen LogP contribution is 2.50. The van der Waals surface area contributed by atoms with Crippen molar-refractivity contribution >= 4 is 29.1 Å². The molecule has 1 heterocycles. The van der Waals surface area contributed by atoms with Crippen molar-refractivity contribution < 1.29 is 9.59 Å². The molecule has 1 aliphatic heterocycles. The number of para-hydroxylation sites is 1. The average molecular weight is 383 g/mol. The molecule has 1 saturated heterocycles. The van der Waals surface area contributed by atoms with Gasteiger partial charge in [0.15, 0.2) is 0 Å².